The lowest BCUT2D eigenvalue weighted by atomic mass is 9.97. The zero-order valence-electron chi connectivity index (χ0n) is 13.3. The maximum Gasteiger partial charge on any atom is 0.116 e. The fraction of sp³-hybridized carbons (Fsp3) is 0.765. The fourth-order valence-corrected chi connectivity index (χ4v) is 4.41. The van der Waals surface area contributed by atoms with Crippen LogP contribution in [0, 0.1) is 0 Å². The molecule has 1 fully saturated rings. The van der Waals surface area contributed by atoms with Crippen LogP contribution in [0.4, 0.5) is 0 Å². The number of aromatic nitrogens is 2. The molecule has 0 spiro atoms. The molecule has 1 saturated carbocycles. The van der Waals surface area contributed by atoms with Crippen LogP contribution in [0.1, 0.15) is 64.2 Å². The molecule has 2 rings (SSSR count). The van der Waals surface area contributed by atoms with Crippen molar-refractivity contribution in [3.05, 3.63) is 18.6 Å². The van der Waals surface area contributed by atoms with Gasteiger partial charge in [0.2, 0.25) is 0 Å². The lowest BCUT2D eigenvalue weighted by molar-refractivity contribution is 0.434. The van der Waals surface area contributed by atoms with E-state index in [2.05, 4.69) is 22.3 Å². The zero-order valence-corrected chi connectivity index (χ0v) is 14.1. The molecule has 1 N–H and O–H groups in total. The SMILES string of the molecule is CNC1CCCCCCCCCCC1Sc1ccncn1. The van der Waals surface area contributed by atoms with Crippen LogP contribution in [0.25, 0.3) is 0 Å². The third-order valence-electron chi connectivity index (χ3n) is 4.40. The molecule has 0 bridgehead atoms. The van der Waals surface area contributed by atoms with Crippen LogP contribution < -0.4 is 5.32 Å². The molecule has 3 nitrogen and oxygen atoms in total. The van der Waals surface area contributed by atoms with E-state index in [9.17, 15) is 0 Å². The summed E-state index contributed by atoms with van der Waals surface area (Å²) in [5, 5.41) is 5.30. The summed E-state index contributed by atoms with van der Waals surface area (Å²) in [6, 6.07) is 2.64. The second-order valence-electron chi connectivity index (χ2n) is 6.00. The first-order valence-corrected chi connectivity index (χ1v) is 9.38. The van der Waals surface area contributed by atoms with Gasteiger partial charge in [0.15, 0.2) is 0 Å². The average Bonchev–Trinajstić information content (AvgIpc) is 2.51. The molecule has 4 heteroatoms. The van der Waals surface area contributed by atoms with E-state index >= 15 is 0 Å². The Kier molecular flexibility index (Phi) is 8.12. The lowest BCUT2D eigenvalue weighted by Gasteiger charge is -2.27. The van der Waals surface area contributed by atoms with Crippen molar-refractivity contribution in [3.63, 3.8) is 0 Å². The normalized spacial score (nSPS) is 25.8. The number of thioether (sulfide) groups is 1. The summed E-state index contributed by atoms with van der Waals surface area (Å²) < 4.78 is 0. The van der Waals surface area contributed by atoms with Crippen molar-refractivity contribution in [3.8, 4) is 0 Å². The van der Waals surface area contributed by atoms with Gasteiger partial charge in [0.25, 0.3) is 0 Å². The Morgan fingerprint density at radius 3 is 2.29 bits per heavy atom. The highest BCUT2D eigenvalue weighted by molar-refractivity contribution is 7.99. The summed E-state index contributed by atoms with van der Waals surface area (Å²) in [6.07, 6.45) is 17.3. The standard InChI is InChI=1S/C17H29N3S/c1-18-15-10-8-6-4-2-3-5-7-9-11-16(15)21-17-12-13-19-14-20-17/h12-16,18H,2-11H2,1H3. The summed E-state index contributed by atoms with van der Waals surface area (Å²) in [4.78, 5) is 8.42. The van der Waals surface area contributed by atoms with Gasteiger partial charge in [0, 0.05) is 17.5 Å². The minimum Gasteiger partial charge on any atom is -0.316 e. The monoisotopic (exact) mass is 307 g/mol. The molecule has 1 aliphatic rings. The van der Waals surface area contributed by atoms with Gasteiger partial charge in [-0.2, -0.15) is 0 Å². The summed E-state index contributed by atoms with van der Waals surface area (Å²) in [5.74, 6) is 0. The van der Waals surface area contributed by atoms with E-state index in [0.717, 1.165) is 5.03 Å². The number of nitrogens with one attached hydrogen (secondary N) is 1. The maximum absolute atomic E-state index is 4.40. The minimum absolute atomic E-state index is 0.601. The molecular formula is C17H29N3S. The van der Waals surface area contributed by atoms with E-state index in [1.807, 2.05) is 24.0 Å². The van der Waals surface area contributed by atoms with Gasteiger partial charge in [-0.1, -0.05) is 51.4 Å². The molecule has 0 aromatic carbocycles. The van der Waals surface area contributed by atoms with Crippen LogP contribution in [0.3, 0.4) is 0 Å². The Labute approximate surface area is 133 Å². The molecule has 1 aromatic rings. The number of nitrogens with zero attached hydrogens (tertiary/aromatic N) is 2. The Bertz CT molecular complexity index is 372. The molecule has 118 valence electrons. The van der Waals surface area contributed by atoms with Crippen LogP contribution >= 0.6 is 11.8 Å². The molecule has 2 unspecified atom stereocenters. The van der Waals surface area contributed by atoms with Gasteiger partial charge in [-0.05, 0) is 26.0 Å². The van der Waals surface area contributed by atoms with Crippen LogP contribution in [0.5, 0.6) is 0 Å². The third-order valence-corrected chi connectivity index (χ3v) is 5.75. The minimum atomic E-state index is 0.601. The van der Waals surface area contributed by atoms with Gasteiger partial charge >= 0.3 is 0 Å². The van der Waals surface area contributed by atoms with Gasteiger partial charge in [-0.3, -0.25) is 0 Å². The first kappa shape index (κ1) is 16.8. The van der Waals surface area contributed by atoms with Crippen molar-refractivity contribution in [1.82, 2.24) is 15.3 Å². The van der Waals surface area contributed by atoms with E-state index in [-0.39, 0.29) is 0 Å². The topological polar surface area (TPSA) is 37.8 Å². The molecule has 0 saturated heterocycles. The molecule has 0 aliphatic heterocycles. The van der Waals surface area contributed by atoms with Crippen LogP contribution in [-0.4, -0.2) is 28.3 Å². The number of hydrogen-bond acceptors (Lipinski definition) is 4. The van der Waals surface area contributed by atoms with E-state index in [0.29, 0.717) is 11.3 Å². The largest absolute Gasteiger partial charge is 0.316 e. The highest BCUT2D eigenvalue weighted by atomic mass is 32.2. The predicted molar refractivity (Wildman–Crippen MR) is 90.7 cm³/mol. The Morgan fingerprint density at radius 2 is 1.67 bits per heavy atom. The van der Waals surface area contributed by atoms with Crippen LogP contribution in [-0.2, 0) is 0 Å². The van der Waals surface area contributed by atoms with E-state index in [1.165, 1.54) is 64.2 Å². The lowest BCUT2D eigenvalue weighted by Crippen LogP contribution is -2.35. The molecular weight excluding hydrogens is 278 g/mol. The van der Waals surface area contributed by atoms with Gasteiger partial charge in [0.1, 0.15) is 6.33 Å². The zero-order chi connectivity index (χ0) is 14.8. The Hall–Kier alpha value is -0.610. The first-order valence-electron chi connectivity index (χ1n) is 8.50. The highest BCUT2D eigenvalue weighted by Crippen LogP contribution is 2.30. The number of rotatable bonds is 3. The Morgan fingerprint density at radius 1 is 1.00 bits per heavy atom. The van der Waals surface area contributed by atoms with Crippen molar-refractivity contribution >= 4 is 11.8 Å². The van der Waals surface area contributed by atoms with Crippen molar-refractivity contribution in [2.24, 2.45) is 0 Å². The van der Waals surface area contributed by atoms with Gasteiger partial charge < -0.3 is 5.32 Å². The van der Waals surface area contributed by atoms with Crippen molar-refractivity contribution in [1.29, 1.82) is 0 Å². The van der Waals surface area contributed by atoms with Crippen molar-refractivity contribution < 1.29 is 0 Å². The number of hydrogen-bond donors (Lipinski definition) is 1. The molecule has 21 heavy (non-hydrogen) atoms. The van der Waals surface area contributed by atoms with E-state index < -0.39 is 0 Å². The Balaban J connectivity index is 1.96. The summed E-state index contributed by atoms with van der Waals surface area (Å²) in [5.41, 5.74) is 0. The van der Waals surface area contributed by atoms with Crippen LogP contribution in [0.15, 0.2) is 23.6 Å². The van der Waals surface area contributed by atoms with Crippen LogP contribution in [0.2, 0.25) is 0 Å². The predicted octanol–water partition coefficient (Wildman–Crippen LogP) is 4.44. The van der Waals surface area contributed by atoms with Gasteiger partial charge in [-0.15, -0.1) is 11.8 Å². The molecule has 1 heterocycles. The molecule has 0 radical (unpaired) electrons. The second kappa shape index (κ2) is 10.2. The molecule has 2 atom stereocenters. The third kappa shape index (κ3) is 6.35. The smallest absolute Gasteiger partial charge is 0.116 e. The average molecular weight is 308 g/mol. The van der Waals surface area contributed by atoms with Crippen molar-refractivity contribution in [2.75, 3.05) is 7.05 Å². The summed E-state index contributed by atoms with van der Waals surface area (Å²) in [7, 11) is 2.12. The van der Waals surface area contributed by atoms with Gasteiger partial charge in [-0.25, -0.2) is 9.97 Å². The van der Waals surface area contributed by atoms with E-state index in [4.69, 9.17) is 0 Å². The first-order chi connectivity index (χ1) is 10.4. The molecule has 1 aliphatic carbocycles. The van der Waals surface area contributed by atoms with Gasteiger partial charge in [0.05, 0.1) is 5.03 Å². The fourth-order valence-electron chi connectivity index (χ4n) is 3.13. The summed E-state index contributed by atoms with van der Waals surface area (Å²) in [6.45, 7) is 0. The highest BCUT2D eigenvalue weighted by Gasteiger charge is 2.21. The quantitative estimate of drug-likeness (QED) is 0.838. The summed E-state index contributed by atoms with van der Waals surface area (Å²) >= 11 is 1.93. The van der Waals surface area contributed by atoms with Crippen molar-refractivity contribution in [2.45, 2.75) is 80.5 Å². The maximum atomic E-state index is 4.40. The molecule has 1 aromatic heterocycles. The second-order valence-corrected chi connectivity index (χ2v) is 7.26. The van der Waals surface area contributed by atoms with E-state index in [1.54, 1.807) is 6.33 Å². The molecule has 0 amide bonds.